The standard InChI is InChI=1S/C21H22N6O3/c1-15-7-12-25(13-8-15)18-6-5-16(14-19(18)27(29)30)21(28)24-17-4-2-9-22-20(17)26-11-3-10-23-26/h2-6,9-11,14-15H,7-8,12-13H2,1H3,(H,24,28). The van der Waals surface area contributed by atoms with Crippen LogP contribution in [-0.4, -0.2) is 38.7 Å². The Kier molecular flexibility index (Phi) is 5.42. The lowest BCUT2D eigenvalue weighted by Gasteiger charge is -2.31. The summed E-state index contributed by atoms with van der Waals surface area (Å²) in [6.07, 6.45) is 6.93. The van der Waals surface area contributed by atoms with Gasteiger partial charge in [-0.25, -0.2) is 9.67 Å². The highest BCUT2D eigenvalue weighted by Gasteiger charge is 2.25. The molecule has 1 N–H and O–H groups in total. The number of rotatable bonds is 5. The minimum Gasteiger partial charge on any atom is -0.366 e. The number of amides is 1. The Labute approximate surface area is 173 Å². The molecule has 9 nitrogen and oxygen atoms in total. The first-order valence-electron chi connectivity index (χ1n) is 9.82. The first-order valence-corrected chi connectivity index (χ1v) is 9.82. The van der Waals surface area contributed by atoms with Crippen molar-refractivity contribution in [3.05, 3.63) is 70.7 Å². The van der Waals surface area contributed by atoms with Gasteiger partial charge >= 0.3 is 0 Å². The SMILES string of the molecule is CC1CCN(c2ccc(C(=O)Nc3cccnc3-n3cccn3)cc2[N+](=O)[O-])CC1. The van der Waals surface area contributed by atoms with Crippen molar-refractivity contribution in [2.45, 2.75) is 19.8 Å². The van der Waals surface area contributed by atoms with Gasteiger partial charge in [0, 0.05) is 43.3 Å². The van der Waals surface area contributed by atoms with E-state index in [9.17, 15) is 14.9 Å². The number of nitrogens with zero attached hydrogens (tertiary/aromatic N) is 5. The van der Waals surface area contributed by atoms with Crippen LogP contribution in [0.3, 0.4) is 0 Å². The van der Waals surface area contributed by atoms with Gasteiger partial charge < -0.3 is 10.2 Å². The van der Waals surface area contributed by atoms with Crippen molar-refractivity contribution in [3.63, 3.8) is 0 Å². The maximum atomic E-state index is 12.8. The third-order valence-corrected chi connectivity index (χ3v) is 5.31. The fourth-order valence-electron chi connectivity index (χ4n) is 3.59. The van der Waals surface area contributed by atoms with Crippen LogP contribution < -0.4 is 10.2 Å². The molecule has 2 aromatic heterocycles. The summed E-state index contributed by atoms with van der Waals surface area (Å²) >= 11 is 0. The topological polar surface area (TPSA) is 106 Å². The first-order chi connectivity index (χ1) is 14.5. The molecule has 0 bridgehead atoms. The van der Waals surface area contributed by atoms with Crippen molar-refractivity contribution >= 4 is 23.0 Å². The normalized spacial score (nSPS) is 14.5. The van der Waals surface area contributed by atoms with Crippen LogP contribution in [0.5, 0.6) is 0 Å². The summed E-state index contributed by atoms with van der Waals surface area (Å²) < 4.78 is 1.54. The molecule has 0 radical (unpaired) electrons. The molecule has 1 fully saturated rings. The number of anilines is 2. The average molecular weight is 406 g/mol. The Morgan fingerprint density at radius 3 is 2.70 bits per heavy atom. The van der Waals surface area contributed by atoms with Gasteiger partial charge in [0.15, 0.2) is 5.82 Å². The van der Waals surface area contributed by atoms with Crippen LogP contribution in [-0.2, 0) is 0 Å². The van der Waals surface area contributed by atoms with E-state index in [-0.39, 0.29) is 11.3 Å². The van der Waals surface area contributed by atoms with Crippen LogP contribution in [0, 0.1) is 16.0 Å². The van der Waals surface area contributed by atoms with Gasteiger partial charge in [-0.1, -0.05) is 6.92 Å². The number of nitrogens with one attached hydrogen (secondary N) is 1. The van der Waals surface area contributed by atoms with E-state index in [0.29, 0.717) is 23.1 Å². The molecule has 3 aromatic rings. The summed E-state index contributed by atoms with van der Waals surface area (Å²) in [7, 11) is 0. The van der Waals surface area contributed by atoms with Crippen molar-refractivity contribution < 1.29 is 9.72 Å². The van der Waals surface area contributed by atoms with E-state index < -0.39 is 10.8 Å². The summed E-state index contributed by atoms with van der Waals surface area (Å²) in [6.45, 7) is 3.74. The molecular formula is C21H22N6O3. The summed E-state index contributed by atoms with van der Waals surface area (Å²) in [5.41, 5.74) is 1.17. The van der Waals surface area contributed by atoms with E-state index in [1.54, 1.807) is 53.6 Å². The van der Waals surface area contributed by atoms with Crippen molar-refractivity contribution in [2.75, 3.05) is 23.3 Å². The van der Waals surface area contributed by atoms with E-state index in [1.165, 1.54) is 6.07 Å². The largest absolute Gasteiger partial charge is 0.366 e. The number of pyridine rings is 1. The molecule has 1 saturated heterocycles. The number of nitro groups is 1. The second kappa shape index (κ2) is 8.32. The monoisotopic (exact) mass is 406 g/mol. The molecule has 1 aliphatic rings. The molecule has 0 atom stereocenters. The molecule has 0 aliphatic carbocycles. The fourth-order valence-corrected chi connectivity index (χ4v) is 3.59. The van der Waals surface area contributed by atoms with Crippen molar-refractivity contribution in [2.24, 2.45) is 5.92 Å². The molecule has 154 valence electrons. The molecule has 30 heavy (non-hydrogen) atoms. The number of hydrogen-bond donors (Lipinski definition) is 1. The molecule has 0 unspecified atom stereocenters. The summed E-state index contributed by atoms with van der Waals surface area (Å²) in [6, 6.07) is 9.79. The number of nitro benzene ring substituents is 1. The van der Waals surface area contributed by atoms with Gasteiger partial charge in [0.25, 0.3) is 11.6 Å². The summed E-state index contributed by atoms with van der Waals surface area (Å²) in [5.74, 6) is 0.636. The Bertz CT molecular complexity index is 1060. The molecule has 1 amide bonds. The Balaban J connectivity index is 1.60. The molecule has 0 spiro atoms. The lowest BCUT2D eigenvalue weighted by Crippen LogP contribution is -2.33. The average Bonchev–Trinajstić information content (AvgIpc) is 3.29. The fraction of sp³-hybridized carbons (Fsp3) is 0.286. The number of benzene rings is 1. The van der Waals surface area contributed by atoms with Gasteiger partial charge in [0.05, 0.1) is 10.6 Å². The van der Waals surface area contributed by atoms with E-state index >= 15 is 0 Å². The van der Waals surface area contributed by atoms with Crippen LogP contribution >= 0.6 is 0 Å². The molecule has 4 rings (SSSR count). The third kappa shape index (κ3) is 4.00. The maximum Gasteiger partial charge on any atom is 0.293 e. The third-order valence-electron chi connectivity index (χ3n) is 5.31. The van der Waals surface area contributed by atoms with E-state index in [4.69, 9.17) is 0 Å². The quantitative estimate of drug-likeness (QED) is 0.512. The van der Waals surface area contributed by atoms with Gasteiger partial charge in [-0.15, -0.1) is 0 Å². The second-order valence-corrected chi connectivity index (χ2v) is 7.41. The van der Waals surface area contributed by atoms with E-state index in [0.717, 1.165) is 25.9 Å². The first kappa shape index (κ1) is 19.6. The molecule has 9 heteroatoms. The van der Waals surface area contributed by atoms with Gasteiger partial charge in [-0.05, 0) is 49.1 Å². The van der Waals surface area contributed by atoms with Crippen molar-refractivity contribution in [1.82, 2.24) is 14.8 Å². The number of piperidine rings is 1. The second-order valence-electron chi connectivity index (χ2n) is 7.41. The highest BCUT2D eigenvalue weighted by Crippen LogP contribution is 2.32. The van der Waals surface area contributed by atoms with Gasteiger partial charge in [0.2, 0.25) is 0 Å². The van der Waals surface area contributed by atoms with Crippen molar-refractivity contribution in [3.8, 4) is 5.82 Å². The number of carbonyl (C=O) groups is 1. The number of carbonyl (C=O) groups excluding carboxylic acids is 1. The number of aromatic nitrogens is 3. The molecule has 1 aliphatic heterocycles. The summed E-state index contributed by atoms with van der Waals surface area (Å²) in [5, 5.41) is 18.6. The van der Waals surface area contributed by atoms with Crippen LogP contribution in [0.1, 0.15) is 30.1 Å². The van der Waals surface area contributed by atoms with Crippen LogP contribution in [0.2, 0.25) is 0 Å². The Hall–Kier alpha value is -3.75. The van der Waals surface area contributed by atoms with Gasteiger partial charge in [0.1, 0.15) is 5.69 Å². The highest BCUT2D eigenvalue weighted by atomic mass is 16.6. The zero-order valence-corrected chi connectivity index (χ0v) is 16.6. The minimum absolute atomic E-state index is 0.0595. The van der Waals surface area contributed by atoms with Crippen LogP contribution in [0.4, 0.5) is 17.1 Å². The predicted octanol–water partition coefficient (Wildman–Crippen LogP) is 3.66. The van der Waals surface area contributed by atoms with E-state index in [1.807, 2.05) is 4.90 Å². The number of hydrogen-bond acceptors (Lipinski definition) is 6. The lowest BCUT2D eigenvalue weighted by molar-refractivity contribution is -0.384. The van der Waals surface area contributed by atoms with Crippen LogP contribution in [0.25, 0.3) is 5.82 Å². The lowest BCUT2D eigenvalue weighted by atomic mass is 9.98. The van der Waals surface area contributed by atoms with Crippen molar-refractivity contribution in [1.29, 1.82) is 0 Å². The smallest absolute Gasteiger partial charge is 0.293 e. The van der Waals surface area contributed by atoms with Gasteiger partial charge in [-0.3, -0.25) is 14.9 Å². The Morgan fingerprint density at radius 2 is 2.00 bits per heavy atom. The van der Waals surface area contributed by atoms with Gasteiger partial charge in [-0.2, -0.15) is 5.10 Å². The van der Waals surface area contributed by atoms with E-state index in [2.05, 4.69) is 22.3 Å². The summed E-state index contributed by atoms with van der Waals surface area (Å²) in [4.78, 5) is 30.4. The highest BCUT2D eigenvalue weighted by molar-refractivity contribution is 6.05. The Morgan fingerprint density at radius 1 is 1.20 bits per heavy atom. The molecule has 1 aromatic carbocycles. The predicted molar refractivity (Wildman–Crippen MR) is 113 cm³/mol. The molecular weight excluding hydrogens is 384 g/mol. The minimum atomic E-state index is -0.446. The molecule has 3 heterocycles. The molecule has 0 saturated carbocycles. The van der Waals surface area contributed by atoms with Crippen LogP contribution in [0.15, 0.2) is 55.0 Å². The maximum absolute atomic E-state index is 12.8. The zero-order chi connectivity index (χ0) is 21.1. The zero-order valence-electron chi connectivity index (χ0n) is 16.6.